The van der Waals surface area contributed by atoms with Crippen LogP contribution in [0.2, 0.25) is 0 Å². The Morgan fingerprint density at radius 1 is 1.32 bits per heavy atom. The Kier molecular flexibility index (Phi) is 7.43. The van der Waals surface area contributed by atoms with Crippen LogP contribution in [0, 0.1) is 0 Å². The average Bonchev–Trinajstić information content (AvgIpc) is 2.62. The lowest BCUT2D eigenvalue weighted by Crippen LogP contribution is -2.23. The molecule has 0 bridgehead atoms. The molecule has 0 spiro atoms. The Morgan fingerprint density at radius 2 is 2.04 bits per heavy atom. The number of benzene rings is 2. The van der Waals surface area contributed by atoms with Gasteiger partial charge in [0, 0.05) is 10.5 Å². The second-order valence-electron chi connectivity index (χ2n) is 5.73. The molecule has 0 heterocycles. The third-order valence-corrected chi connectivity index (χ3v) is 4.55. The number of nitrogen functional groups attached to an aromatic ring is 1. The highest BCUT2D eigenvalue weighted by Crippen LogP contribution is 2.30. The summed E-state index contributed by atoms with van der Waals surface area (Å²) in [6.45, 7) is 2.57. The molecule has 4 N–H and O–H groups in total. The number of carbonyl (C=O) groups is 1. The van der Waals surface area contributed by atoms with E-state index in [-0.39, 0.29) is 19.3 Å². The molecular weight excluding hydrogens is 384 g/mol. The summed E-state index contributed by atoms with van der Waals surface area (Å²) in [5.41, 5.74) is 9.25. The minimum Gasteiger partial charge on any atom is -0.460 e. The van der Waals surface area contributed by atoms with Crippen molar-refractivity contribution in [3.8, 4) is 0 Å². The number of carbonyl (C=O) groups excluding carboxylic acids is 1. The maximum absolute atomic E-state index is 12.0. The number of aliphatic hydroxyl groups is 1. The Morgan fingerprint density at radius 3 is 2.72 bits per heavy atom. The second kappa shape index (κ2) is 9.56. The summed E-state index contributed by atoms with van der Waals surface area (Å²) in [5, 5.41) is 12.2. The van der Waals surface area contributed by atoms with Crippen molar-refractivity contribution in [3.05, 3.63) is 63.6 Å². The van der Waals surface area contributed by atoms with E-state index in [4.69, 9.17) is 15.6 Å². The van der Waals surface area contributed by atoms with Crippen molar-refractivity contribution in [2.24, 2.45) is 0 Å². The van der Waals surface area contributed by atoms with Gasteiger partial charge in [-0.05, 0) is 59.1 Å². The van der Waals surface area contributed by atoms with E-state index < -0.39 is 5.97 Å². The number of anilines is 1. The van der Waals surface area contributed by atoms with Crippen LogP contribution in [0.15, 0.2) is 46.9 Å². The molecule has 0 saturated heterocycles. The second-order valence-corrected chi connectivity index (χ2v) is 6.59. The van der Waals surface area contributed by atoms with Crippen LogP contribution < -0.4 is 11.1 Å². The lowest BCUT2D eigenvalue weighted by atomic mass is 10.0. The minimum absolute atomic E-state index is 0.0226. The van der Waals surface area contributed by atoms with Gasteiger partial charge in [-0.25, -0.2) is 4.79 Å². The lowest BCUT2D eigenvalue weighted by molar-refractivity contribution is 0.0433. The highest BCUT2D eigenvalue weighted by molar-refractivity contribution is 9.10. The maximum atomic E-state index is 12.0. The van der Waals surface area contributed by atoms with Crippen molar-refractivity contribution < 1.29 is 14.6 Å². The molecule has 1 unspecified atom stereocenters. The quantitative estimate of drug-likeness (QED) is 0.463. The number of aliphatic hydroxyl groups excluding tert-OH is 1. The molecule has 2 rings (SSSR count). The van der Waals surface area contributed by atoms with Gasteiger partial charge >= 0.3 is 5.97 Å². The van der Waals surface area contributed by atoms with E-state index in [0.29, 0.717) is 15.7 Å². The molecule has 0 saturated carbocycles. The van der Waals surface area contributed by atoms with E-state index in [1.807, 2.05) is 25.1 Å². The van der Waals surface area contributed by atoms with Crippen LogP contribution in [0.5, 0.6) is 0 Å². The Balaban J connectivity index is 2.05. The first kappa shape index (κ1) is 19.4. The molecule has 5 nitrogen and oxygen atoms in total. The number of nitrogens with one attached hydrogen (secondary N) is 1. The third-order valence-electron chi connectivity index (χ3n) is 3.90. The molecule has 0 aliphatic rings. The van der Waals surface area contributed by atoms with Gasteiger partial charge in [0.25, 0.3) is 0 Å². The predicted octanol–water partition coefficient (Wildman–Crippen LogP) is 3.07. The number of hydrogen-bond acceptors (Lipinski definition) is 5. The molecule has 25 heavy (non-hydrogen) atoms. The molecule has 0 fully saturated rings. The van der Waals surface area contributed by atoms with Gasteiger partial charge in [0.15, 0.2) is 0 Å². The van der Waals surface area contributed by atoms with Crippen LogP contribution in [0.25, 0.3) is 0 Å². The van der Waals surface area contributed by atoms with Crippen molar-refractivity contribution >= 4 is 27.6 Å². The largest absolute Gasteiger partial charge is 0.460 e. The molecule has 2 aromatic carbocycles. The third kappa shape index (κ3) is 5.56. The molecular formula is C19H23BrN2O3. The topological polar surface area (TPSA) is 84.6 Å². The van der Waals surface area contributed by atoms with Gasteiger partial charge in [0.2, 0.25) is 0 Å². The van der Waals surface area contributed by atoms with E-state index in [1.165, 1.54) is 5.56 Å². The van der Waals surface area contributed by atoms with Gasteiger partial charge in [-0.3, -0.25) is 0 Å². The van der Waals surface area contributed by atoms with Crippen molar-refractivity contribution in [1.82, 2.24) is 5.32 Å². The molecule has 6 heteroatoms. The zero-order valence-corrected chi connectivity index (χ0v) is 15.8. The normalized spacial score (nSPS) is 12.0. The van der Waals surface area contributed by atoms with Gasteiger partial charge in [-0.2, -0.15) is 0 Å². The first-order valence-corrected chi connectivity index (χ1v) is 8.96. The monoisotopic (exact) mass is 406 g/mol. The van der Waals surface area contributed by atoms with Crippen LogP contribution in [-0.2, 0) is 11.2 Å². The van der Waals surface area contributed by atoms with Crippen LogP contribution in [0.4, 0.5) is 5.69 Å². The summed E-state index contributed by atoms with van der Waals surface area (Å²) in [4.78, 5) is 12.0. The zero-order chi connectivity index (χ0) is 18.2. The number of esters is 1. The standard InChI is InChI=1S/C19H23BrN2O3/c1-13(22-8-7-14-5-3-2-4-6-14)16-11-15(12-17(20)18(16)21)19(24)25-10-9-23/h2-6,11-13,22-23H,7-10,21H2,1H3. The van der Waals surface area contributed by atoms with Crippen LogP contribution in [0.1, 0.15) is 34.5 Å². The van der Waals surface area contributed by atoms with Gasteiger partial charge < -0.3 is 20.9 Å². The molecule has 0 aliphatic heterocycles. The summed E-state index contributed by atoms with van der Waals surface area (Å²) in [7, 11) is 0. The Bertz CT molecular complexity index is 707. The summed E-state index contributed by atoms with van der Waals surface area (Å²) >= 11 is 3.40. The van der Waals surface area contributed by atoms with E-state index in [2.05, 4.69) is 33.4 Å². The van der Waals surface area contributed by atoms with Gasteiger partial charge in [0.1, 0.15) is 6.61 Å². The van der Waals surface area contributed by atoms with Crippen LogP contribution >= 0.6 is 15.9 Å². The highest BCUT2D eigenvalue weighted by Gasteiger charge is 2.16. The molecule has 0 radical (unpaired) electrons. The predicted molar refractivity (Wildman–Crippen MR) is 102 cm³/mol. The van der Waals surface area contributed by atoms with E-state index in [0.717, 1.165) is 18.5 Å². The Labute approximate surface area is 156 Å². The summed E-state index contributed by atoms with van der Waals surface area (Å²) < 4.78 is 5.63. The number of rotatable bonds is 8. The van der Waals surface area contributed by atoms with E-state index >= 15 is 0 Å². The SMILES string of the molecule is CC(NCCc1ccccc1)c1cc(C(=O)OCCO)cc(Br)c1N. The van der Waals surface area contributed by atoms with Gasteiger partial charge in [-0.1, -0.05) is 30.3 Å². The summed E-state index contributed by atoms with van der Waals surface area (Å²) in [6, 6.07) is 13.6. The fourth-order valence-corrected chi connectivity index (χ4v) is 3.00. The first-order chi connectivity index (χ1) is 12.0. The molecule has 2 aromatic rings. The van der Waals surface area contributed by atoms with Crippen molar-refractivity contribution in [2.75, 3.05) is 25.5 Å². The van der Waals surface area contributed by atoms with Gasteiger partial charge in [-0.15, -0.1) is 0 Å². The highest BCUT2D eigenvalue weighted by atomic mass is 79.9. The van der Waals surface area contributed by atoms with E-state index in [1.54, 1.807) is 12.1 Å². The summed E-state index contributed by atoms with van der Waals surface area (Å²) in [5.74, 6) is -0.479. The summed E-state index contributed by atoms with van der Waals surface area (Å²) in [6.07, 6.45) is 0.907. The number of ether oxygens (including phenoxy) is 1. The van der Waals surface area contributed by atoms with Gasteiger partial charge in [0.05, 0.1) is 17.9 Å². The van der Waals surface area contributed by atoms with Crippen LogP contribution in [0.3, 0.4) is 0 Å². The average molecular weight is 407 g/mol. The number of halogens is 1. The van der Waals surface area contributed by atoms with Crippen LogP contribution in [-0.4, -0.2) is 30.8 Å². The van der Waals surface area contributed by atoms with Crippen molar-refractivity contribution in [2.45, 2.75) is 19.4 Å². The fourth-order valence-electron chi connectivity index (χ4n) is 2.52. The zero-order valence-electron chi connectivity index (χ0n) is 14.2. The first-order valence-electron chi connectivity index (χ1n) is 8.17. The maximum Gasteiger partial charge on any atom is 0.338 e. The van der Waals surface area contributed by atoms with E-state index in [9.17, 15) is 4.79 Å². The number of hydrogen-bond donors (Lipinski definition) is 3. The smallest absolute Gasteiger partial charge is 0.338 e. The van der Waals surface area contributed by atoms with Crippen molar-refractivity contribution in [3.63, 3.8) is 0 Å². The molecule has 1 atom stereocenters. The molecule has 0 aromatic heterocycles. The minimum atomic E-state index is -0.479. The molecule has 0 aliphatic carbocycles. The molecule has 0 amide bonds. The molecule has 134 valence electrons. The fraction of sp³-hybridized carbons (Fsp3) is 0.316. The Hall–Kier alpha value is -1.89. The lowest BCUT2D eigenvalue weighted by Gasteiger charge is -2.18. The van der Waals surface area contributed by atoms with Crippen molar-refractivity contribution in [1.29, 1.82) is 0 Å². The number of nitrogens with two attached hydrogens (primary N) is 1.